The van der Waals surface area contributed by atoms with Crippen molar-refractivity contribution >= 4 is 21.6 Å². The number of hydrogen-bond donors (Lipinski definition) is 1. The molecule has 2 fully saturated rings. The van der Waals surface area contributed by atoms with Crippen molar-refractivity contribution < 1.29 is 13.2 Å². The summed E-state index contributed by atoms with van der Waals surface area (Å²) < 4.78 is 26.9. The molecule has 0 spiro atoms. The van der Waals surface area contributed by atoms with Crippen LogP contribution in [0.2, 0.25) is 0 Å². The van der Waals surface area contributed by atoms with Crippen LogP contribution in [0, 0.1) is 11.8 Å². The van der Waals surface area contributed by atoms with Gasteiger partial charge < -0.3 is 5.32 Å². The van der Waals surface area contributed by atoms with Crippen molar-refractivity contribution in [2.24, 2.45) is 11.8 Å². The molecule has 5 nitrogen and oxygen atoms in total. The van der Waals surface area contributed by atoms with Crippen molar-refractivity contribution in [2.75, 3.05) is 18.4 Å². The number of amides is 1. The Bertz CT molecular complexity index is 671. The third-order valence-corrected chi connectivity index (χ3v) is 7.14. The van der Waals surface area contributed by atoms with E-state index in [1.807, 2.05) is 0 Å². The average Bonchev–Trinajstić information content (AvgIpc) is 3.10. The molecule has 24 heavy (non-hydrogen) atoms. The van der Waals surface area contributed by atoms with Crippen LogP contribution in [0.25, 0.3) is 0 Å². The minimum absolute atomic E-state index is 0.0492. The highest BCUT2D eigenvalue weighted by Gasteiger charge is 2.28. The number of nitrogens with one attached hydrogen (secondary N) is 1. The predicted octanol–water partition coefficient (Wildman–Crippen LogP) is 3.24. The van der Waals surface area contributed by atoms with Gasteiger partial charge >= 0.3 is 0 Å². The van der Waals surface area contributed by atoms with Crippen molar-refractivity contribution in [3.05, 3.63) is 24.3 Å². The molecule has 0 atom stereocenters. The molecule has 1 N–H and O–H groups in total. The second-order valence-electron chi connectivity index (χ2n) is 7.08. The minimum Gasteiger partial charge on any atom is -0.326 e. The van der Waals surface area contributed by atoms with E-state index in [1.165, 1.54) is 0 Å². The quantitative estimate of drug-likeness (QED) is 0.906. The number of rotatable bonds is 4. The first kappa shape index (κ1) is 17.4. The summed E-state index contributed by atoms with van der Waals surface area (Å²) in [4.78, 5) is 12.4. The van der Waals surface area contributed by atoms with Gasteiger partial charge in [0, 0.05) is 24.7 Å². The van der Waals surface area contributed by atoms with Crippen molar-refractivity contribution in [2.45, 2.75) is 50.3 Å². The van der Waals surface area contributed by atoms with Crippen LogP contribution >= 0.6 is 0 Å². The fourth-order valence-electron chi connectivity index (χ4n) is 3.52. The topological polar surface area (TPSA) is 66.5 Å². The van der Waals surface area contributed by atoms with Crippen molar-refractivity contribution in [3.63, 3.8) is 0 Å². The second kappa shape index (κ2) is 7.23. The number of nitrogens with zero attached hydrogens (tertiary/aromatic N) is 1. The van der Waals surface area contributed by atoms with Gasteiger partial charge in [0.2, 0.25) is 15.9 Å². The number of carbonyl (C=O) groups excluding carboxylic acids is 1. The molecule has 1 aliphatic carbocycles. The third kappa shape index (κ3) is 3.81. The van der Waals surface area contributed by atoms with Crippen molar-refractivity contribution in [1.29, 1.82) is 0 Å². The fourth-order valence-corrected chi connectivity index (χ4v) is 4.99. The Kier molecular flexibility index (Phi) is 5.25. The summed E-state index contributed by atoms with van der Waals surface area (Å²) in [5.74, 6) is 0.737. The molecule has 1 saturated heterocycles. The van der Waals surface area contributed by atoms with E-state index in [2.05, 4.69) is 12.2 Å². The zero-order valence-corrected chi connectivity index (χ0v) is 15.0. The smallest absolute Gasteiger partial charge is 0.243 e. The fraction of sp³-hybridized carbons (Fsp3) is 0.611. The Hall–Kier alpha value is -1.40. The summed E-state index contributed by atoms with van der Waals surface area (Å²) in [7, 11) is -3.43. The normalized spacial score (nSPS) is 21.0. The van der Waals surface area contributed by atoms with E-state index in [0.29, 0.717) is 29.6 Å². The van der Waals surface area contributed by atoms with Gasteiger partial charge in [-0.15, -0.1) is 0 Å². The molecule has 0 bridgehead atoms. The maximum atomic E-state index is 12.7. The summed E-state index contributed by atoms with van der Waals surface area (Å²) in [6, 6.07) is 6.56. The zero-order chi connectivity index (χ0) is 17.2. The highest BCUT2D eigenvalue weighted by molar-refractivity contribution is 7.89. The molecule has 132 valence electrons. The molecule has 0 aromatic heterocycles. The first-order valence-corrected chi connectivity index (χ1v) is 10.3. The Morgan fingerprint density at radius 1 is 1.04 bits per heavy atom. The molecule has 3 rings (SSSR count). The van der Waals surface area contributed by atoms with Gasteiger partial charge in [0.1, 0.15) is 0 Å². The largest absolute Gasteiger partial charge is 0.326 e. The van der Waals surface area contributed by atoms with Crippen LogP contribution in [-0.2, 0) is 14.8 Å². The molecular formula is C18H26N2O3S. The summed E-state index contributed by atoms with van der Waals surface area (Å²) in [5.41, 5.74) is 0.665. The number of benzene rings is 1. The molecule has 1 aliphatic heterocycles. The lowest BCUT2D eigenvalue weighted by molar-refractivity contribution is -0.119. The van der Waals surface area contributed by atoms with E-state index in [0.717, 1.165) is 38.5 Å². The van der Waals surface area contributed by atoms with Crippen LogP contribution in [0.15, 0.2) is 29.2 Å². The van der Waals surface area contributed by atoms with E-state index in [-0.39, 0.29) is 11.8 Å². The Morgan fingerprint density at radius 3 is 2.21 bits per heavy atom. The molecule has 1 amide bonds. The van der Waals surface area contributed by atoms with E-state index in [1.54, 1.807) is 28.6 Å². The first-order valence-electron chi connectivity index (χ1n) is 8.88. The van der Waals surface area contributed by atoms with Crippen LogP contribution in [0.1, 0.15) is 45.4 Å². The molecule has 6 heteroatoms. The summed E-state index contributed by atoms with van der Waals surface area (Å²) >= 11 is 0. The van der Waals surface area contributed by atoms with Crippen molar-refractivity contribution in [3.8, 4) is 0 Å². The van der Waals surface area contributed by atoms with Gasteiger partial charge in [0.25, 0.3) is 0 Å². The standard InChI is InChI=1S/C18H26N2O3S/c1-14-10-12-20(13-11-14)24(22,23)17-8-6-16(7-9-17)19-18(21)15-4-2-3-5-15/h6-9,14-15H,2-5,10-13H2,1H3,(H,19,21). The first-order chi connectivity index (χ1) is 11.5. The molecule has 1 aromatic rings. The molecule has 2 aliphatic rings. The maximum Gasteiger partial charge on any atom is 0.243 e. The van der Waals surface area contributed by atoms with E-state index in [4.69, 9.17) is 0 Å². The number of carbonyl (C=O) groups is 1. The molecule has 1 saturated carbocycles. The SMILES string of the molecule is CC1CCN(S(=O)(=O)c2ccc(NC(=O)C3CCCC3)cc2)CC1. The Labute approximate surface area is 144 Å². The van der Waals surface area contributed by atoms with Gasteiger partial charge in [0.05, 0.1) is 4.90 Å². The summed E-state index contributed by atoms with van der Waals surface area (Å²) in [6.07, 6.45) is 5.95. The monoisotopic (exact) mass is 350 g/mol. The predicted molar refractivity (Wildman–Crippen MR) is 94.2 cm³/mol. The number of sulfonamides is 1. The van der Waals surface area contributed by atoms with Gasteiger partial charge in [-0.1, -0.05) is 19.8 Å². The average molecular weight is 350 g/mol. The number of piperidine rings is 1. The zero-order valence-electron chi connectivity index (χ0n) is 14.2. The molecule has 1 aromatic carbocycles. The lowest BCUT2D eigenvalue weighted by atomic mass is 10.0. The Morgan fingerprint density at radius 2 is 1.62 bits per heavy atom. The highest BCUT2D eigenvalue weighted by atomic mass is 32.2. The van der Waals surface area contributed by atoms with Gasteiger partial charge in [-0.3, -0.25) is 4.79 Å². The number of anilines is 1. The van der Waals surface area contributed by atoms with Gasteiger partial charge in [-0.2, -0.15) is 4.31 Å². The van der Waals surface area contributed by atoms with Crippen LogP contribution in [0.3, 0.4) is 0 Å². The van der Waals surface area contributed by atoms with E-state index in [9.17, 15) is 13.2 Å². The lowest BCUT2D eigenvalue weighted by Gasteiger charge is -2.29. The summed E-state index contributed by atoms with van der Waals surface area (Å²) in [5, 5.41) is 2.90. The summed E-state index contributed by atoms with van der Waals surface area (Å²) in [6.45, 7) is 3.33. The molecule has 1 heterocycles. The van der Waals surface area contributed by atoms with Crippen LogP contribution in [-0.4, -0.2) is 31.7 Å². The van der Waals surface area contributed by atoms with Gasteiger partial charge in [-0.05, 0) is 55.9 Å². The van der Waals surface area contributed by atoms with E-state index >= 15 is 0 Å². The van der Waals surface area contributed by atoms with Crippen molar-refractivity contribution in [1.82, 2.24) is 4.31 Å². The van der Waals surface area contributed by atoms with E-state index < -0.39 is 10.0 Å². The molecule has 0 radical (unpaired) electrons. The van der Waals surface area contributed by atoms with Crippen LogP contribution < -0.4 is 5.32 Å². The number of hydrogen-bond acceptors (Lipinski definition) is 3. The van der Waals surface area contributed by atoms with Crippen LogP contribution in [0.4, 0.5) is 5.69 Å². The Balaban J connectivity index is 1.66. The minimum atomic E-state index is -3.43. The lowest BCUT2D eigenvalue weighted by Crippen LogP contribution is -2.37. The maximum absolute atomic E-state index is 12.7. The second-order valence-corrected chi connectivity index (χ2v) is 9.02. The van der Waals surface area contributed by atoms with Gasteiger partial charge in [-0.25, -0.2) is 8.42 Å². The third-order valence-electron chi connectivity index (χ3n) is 5.23. The van der Waals surface area contributed by atoms with Gasteiger partial charge in [0.15, 0.2) is 0 Å². The molecule has 0 unspecified atom stereocenters. The highest BCUT2D eigenvalue weighted by Crippen LogP contribution is 2.27. The van der Waals surface area contributed by atoms with Crippen LogP contribution in [0.5, 0.6) is 0 Å². The molecular weight excluding hydrogens is 324 g/mol.